The van der Waals surface area contributed by atoms with Crippen LogP contribution in [-0.2, 0) is 0 Å². The van der Waals surface area contributed by atoms with Gasteiger partial charge in [-0.2, -0.15) is 0 Å². The van der Waals surface area contributed by atoms with Gasteiger partial charge < -0.3 is 20.4 Å². The molecule has 0 bridgehead atoms. The first kappa shape index (κ1) is 24.4. The lowest BCUT2D eigenvalue weighted by molar-refractivity contribution is -0.166. The third-order valence-corrected chi connectivity index (χ3v) is 10.7. The van der Waals surface area contributed by atoms with Gasteiger partial charge in [-0.1, -0.05) is 51.5 Å². The Bertz CT molecular complexity index is 769. The lowest BCUT2D eigenvalue weighted by Gasteiger charge is -2.59. The summed E-state index contributed by atoms with van der Waals surface area (Å²) in [5.74, 6) is 1.33. The maximum absolute atomic E-state index is 11.7. The molecule has 0 aromatic heterocycles. The molecule has 0 heterocycles. The fourth-order valence-corrected chi connectivity index (χ4v) is 8.61. The normalized spacial score (nSPS) is 46.5. The average Bonchev–Trinajstić information content (AvgIpc) is 2.98. The monoisotopic (exact) mass is 446 g/mol. The first-order valence-electron chi connectivity index (χ1n) is 13.0. The summed E-state index contributed by atoms with van der Waals surface area (Å²) in [5.41, 5.74) is 0.991. The van der Waals surface area contributed by atoms with E-state index in [1.54, 1.807) is 6.92 Å². The Balaban J connectivity index is 1.61. The second-order valence-electron chi connectivity index (χ2n) is 12.7. The van der Waals surface area contributed by atoms with E-state index in [4.69, 9.17) is 0 Å². The maximum Gasteiger partial charge on any atom is 0.0938 e. The first-order valence-corrected chi connectivity index (χ1v) is 13.0. The van der Waals surface area contributed by atoms with Crippen LogP contribution < -0.4 is 0 Å². The van der Waals surface area contributed by atoms with E-state index >= 15 is 0 Å². The molecule has 4 N–H and O–H groups in total. The molecule has 0 aromatic carbocycles. The summed E-state index contributed by atoms with van der Waals surface area (Å²) in [5, 5.41) is 44.3. The van der Waals surface area contributed by atoms with E-state index in [1.165, 1.54) is 5.57 Å². The molecule has 0 spiro atoms. The molecule has 182 valence electrons. The van der Waals surface area contributed by atoms with E-state index in [-0.39, 0.29) is 28.8 Å². The maximum atomic E-state index is 11.7. The topological polar surface area (TPSA) is 80.9 Å². The van der Waals surface area contributed by atoms with Gasteiger partial charge >= 0.3 is 0 Å². The molecule has 0 aromatic rings. The van der Waals surface area contributed by atoms with Crippen molar-refractivity contribution in [3.63, 3.8) is 0 Å². The quantitative estimate of drug-likeness (QED) is 0.465. The highest BCUT2D eigenvalue weighted by Crippen LogP contribution is 2.67. The van der Waals surface area contributed by atoms with Gasteiger partial charge in [0.1, 0.15) is 0 Å². The number of fused-ring (bicyclic) bond motifs is 5. The van der Waals surface area contributed by atoms with Crippen molar-refractivity contribution in [1.29, 1.82) is 0 Å². The van der Waals surface area contributed by atoms with Crippen molar-refractivity contribution in [2.45, 2.75) is 110 Å². The van der Waals surface area contributed by atoms with Gasteiger partial charge in [-0.25, -0.2) is 0 Å². The van der Waals surface area contributed by atoms with Crippen LogP contribution in [0.4, 0.5) is 0 Å². The van der Waals surface area contributed by atoms with E-state index in [1.807, 2.05) is 0 Å². The fraction of sp³-hybridized carbons (Fsp3) is 0.857. The second kappa shape index (κ2) is 8.22. The molecule has 4 aliphatic carbocycles. The highest BCUT2D eigenvalue weighted by atomic mass is 16.3. The third-order valence-electron chi connectivity index (χ3n) is 10.7. The molecule has 0 amide bonds. The van der Waals surface area contributed by atoms with E-state index in [0.29, 0.717) is 30.6 Å². The molecule has 3 saturated carbocycles. The van der Waals surface area contributed by atoms with E-state index < -0.39 is 17.8 Å². The molecule has 4 rings (SSSR count). The molecule has 32 heavy (non-hydrogen) atoms. The lowest BCUT2D eigenvalue weighted by atomic mass is 9.46. The Morgan fingerprint density at radius 1 is 1.19 bits per heavy atom. The van der Waals surface area contributed by atoms with E-state index in [2.05, 4.69) is 40.3 Å². The first-order chi connectivity index (χ1) is 14.8. The van der Waals surface area contributed by atoms with Crippen molar-refractivity contribution in [3.8, 4) is 0 Å². The van der Waals surface area contributed by atoms with Gasteiger partial charge in [0.25, 0.3) is 0 Å². The number of allylic oxidation sites excluding steroid dienone is 1. The molecule has 4 heteroatoms. The molecule has 0 aliphatic heterocycles. The van der Waals surface area contributed by atoms with Crippen LogP contribution in [0, 0.1) is 40.4 Å². The van der Waals surface area contributed by atoms with Crippen molar-refractivity contribution >= 4 is 0 Å². The highest BCUT2D eigenvalue weighted by molar-refractivity contribution is 5.26. The molecule has 3 fully saturated rings. The van der Waals surface area contributed by atoms with E-state index in [0.717, 1.165) is 44.1 Å². The Morgan fingerprint density at radius 2 is 1.88 bits per heavy atom. The Kier molecular flexibility index (Phi) is 6.28. The summed E-state index contributed by atoms with van der Waals surface area (Å²) in [4.78, 5) is 0. The Labute approximate surface area is 194 Å². The van der Waals surface area contributed by atoms with Crippen LogP contribution >= 0.6 is 0 Å². The minimum absolute atomic E-state index is 0.156. The smallest absolute Gasteiger partial charge is 0.0938 e. The molecule has 0 radical (unpaired) electrons. The average molecular weight is 447 g/mol. The zero-order chi connectivity index (χ0) is 23.6. The van der Waals surface area contributed by atoms with Gasteiger partial charge in [-0.15, -0.1) is 0 Å². The summed E-state index contributed by atoms with van der Waals surface area (Å²) in [6.07, 6.45) is 7.55. The zero-order valence-electron chi connectivity index (χ0n) is 20.8. The van der Waals surface area contributed by atoms with Crippen LogP contribution in [0.1, 0.15) is 86.0 Å². The molecule has 4 aliphatic rings. The van der Waals surface area contributed by atoms with Crippen molar-refractivity contribution in [3.05, 3.63) is 23.8 Å². The summed E-state index contributed by atoms with van der Waals surface area (Å²) >= 11 is 0. The second-order valence-corrected chi connectivity index (χ2v) is 12.7. The van der Waals surface area contributed by atoms with Crippen LogP contribution in [0.2, 0.25) is 0 Å². The van der Waals surface area contributed by atoms with Gasteiger partial charge in [0.05, 0.1) is 23.9 Å². The molecule has 4 nitrogen and oxygen atoms in total. The Hall–Kier alpha value is -0.680. The highest BCUT2D eigenvalue weighted by Gasteiger charge is 2.65. The fourth-order valence-electron chi connectivity index (χ4n) is 8.61. The summed E-state index contributed by atoms with van der Waals surface area (Å²) in [6, 6.07) is 0. The molecule has 2 unspecified atom stereocenters. The van der Waals surface area contributed by atoms with Crippen LogP contribution in [-0.4, -0.2) is 44.3 Å². The minimum Gasteiger partial charge on any atom is -0.393 e. The zero-order valence-corrected chi connectivity index (χ0v) is 20.8. The Morgan fingerprint density at radius 3 is 2.53 bits per heavy atom. The van der Waals surface area contributed by atoms with Crippen molar-refractivity contribution < 1.29 is 20.4 Å². The van der Waals surface area contributed by atoms with E-state index in [9.17, 15) is 20.4 Å². The summed E-state index contributed by atoms with van der Waals surface area (Å²) < 4.78 is 0. The summed E-state index contributed by atoms with van der Waals surface area (Å²) in [6.45, 7) is 14.6. The molecule has 0 saturated heterocycles. The molecule has 10 atom stereocenters. The lowest BCUT2D eigenvalue weighted by Crippen LogP contribution is -2.57. The van der Waals surface area contributed by atoms with Gasteiger partial charge in [-0.05, 0) is 92.8 Å². The predicted molar refractivity (Wildman–Crippen MR) is 128 cm³/mol. The number of hydrogen-bond acceptors (Lipinski definition) is 4. The third kappa shape index (κ3) is 3.65. The van der Waals surface area contributed by atoms with Gasteiger partial charge in [0.15, 0.2) is 0 Å². The van der Waals surface area contributed by atoms with Crippen LogP contribution in [0.3, 0.4) is 0 Å². The SMILES string of the molecule is C=C(CC(O)C(C)(O)[C@H]1[C@@H](O)C[C@H]2[C@@H]3CC=C4C[C@H](O)CC[C@]4(C)[C@H]3CC[C@]12C)C(C)C. The van der Waals surface area contributed by atoms with Crippen molar-refractivity contribution in [2.24, 2.45) is 40.4 Å². The van der Waals surface area contributed by atoms with Crippen LogP contribution in [0.15, 0.2) is 23.8 Å². The number of rotatable bonds is 5. The van der Waals surface area contributed by atoms with Gasteiger partial charge in [-0.3, -0.25) is 0 Å². The van der Waals surface area contributed by atoms with Crippen molar-refractivity contribution in [1.82, 2.24) is 0 Å². The largest absolute Gasteiger partial charge is 0.393 e. The molecular weight excluding hydrogens is 400 g/mol. The van der Waals surface area contributed by atoms with Gasteiger partial charge in [0, 0.05) is 5.92 Å². The number of hydrogen-bond donors (Lipinski definition) is 4. The van der Waals surface area contributed by atoms with Crippen molar-refractivity contribution in [2.75, 3.05) is 0 Å². The summed E-state index contributed by atoms with van der Waals surface area (Å²) in [7, 11) is 0. The van der Waals surface area contributed by atoms with Crippen LogP contribution in [0.5, 0.6) is 0 Å². The minimum atomic E-state index is -1.36. The number of aliphatic hydroxyl groups excluding tert-OH is 3. The standard InChI is InChI=1S/C28H46O4/c1-16(2)17(3)13-24(31)28(6,32)25-23(30)15-22-20-8-7-18-14-19(29)9-11-26(18,4)21(20)10-12-27(22,25)5/h7,16,19-25,29-32H,3,8-15H2,1-2,4-6H3/t19-,20-,21+,22+,23+,24?,25+,26+,27+,28?/m1/s1. The van der Waals surface area contributed by atoms with Crippen LogP contribution in [0.25, 0.3) is 0 Å². The van der Waals surface area contributed by atoms with Gasteiger partial charge in [0.2, 0.25) is 0 Å². The predicted octanol–water partition coefficient (Wildman–Crippen LogP) is 4.61. The molecular formula is C28H46O4. The number of aliphatic hydroxyl groups is 4.